The van der Waals surface area contributed by atoms with Gasteiger partial charge in [0, 0.05) is 14.1 Å². The standard InChI is InChI=1S/C17H18ClFN2O4S/c1-11-8-13(5-7-16(11)25-10-17(22)21(2)3)26(23,24)20-12-4-6-15(19)14(18)9-12/h4-9,20H,10H2,1-3H3. The molecule has 0 fully saturated rings. The highest BCUT2D eigenvalue weighted by Crippen LogP contribution is 2.25. The molecule has 0 heterocycles. The summed E-state index contributed by atoms with van der Waals surface area (Å²) in [5, 5.41) is -0.185. The normalized spacial score (nSPS) is 11.1. The summed E-state index contributed by atoms with van der Waals surface area (Å²) in [6.07, 6.45) is 0. The van der Waals surface area contributed by atoms with E-state index in [9.17, 15) is 17.6 Å². The SMILES string of the molecule is Cc1cc(S(=O)(=O)Nc2ccc(F)c(Cl)c2)ccc1OCC(=O)N(C)C. The fraction of sp³-hybridized carbons (Fsp3) is 0.235. The van der Waals surface area contributed by atoms with E-state index in [0.717, 1.165) is 6.07 Å². The smallest absolute Gasteiger partial charge is 0.261 e. The summed E-state index contributed by atoms with van der Waals surface area (Å²) < 4.78 is 45.9. The van der Waals surface area contributed by atoms with E-state index in [-0.39, 0.29) is 28.1 Å². The molecule has 0 atom stereocenters. The molecule has 0 saturated carbocycles. The Morgan fingerprint density at radius 2 is 1.92 bits per heavy atom. The molecule has 0 aromatic heterocycles. The lowest BCUT2D eigenvalue weighted by Gasteiger charge is -2.14. The number of hydrogen-bond donors (Lipinski definition) is 1. The van der Waals surface area contributed by atoms with Crippen LogP contribution in [0, 0.1) is 12.7 Å². The van der Waals surface area contributed by atoms with Crippen molar-refractivity contribution in [1.82, 2.24) is 4.90 Å². The fourth-order valence-corrected chi connectivity index (χ4v) is 3.31. The van der Waals surface area contributed by atoms with Crippen molar-refractivity contribution < 1.29 is 22.3 Å². The minimum atomic E-state index is -3.89. The highest BCUT2D eigenvalue weighted by molar-refractivity contribution is 7.92. The van der Waals surface area contributed by atoms with Gasteiger partial charge in [-0.25, -0.2) is 12.8 Å². The molecule has 6 nitrogen and oxygen atoms in total. The van der Waals surface area contributed by atoms with Gasteiger partial charge in [-0.3, -0.25) is 9.52 Å². The van der Waals surface area contributed by atoms with Crippen molar-refractivity contribution in [2.75, 3.05) is 25.4 Å². The minimum absolute atomic E-state index is 0.00161. The number of hydrogen-bond acceptors (Lipinski definition) is 4. The predicted molar refractivity (Wildman–Crippen MR) is 97.6 cm³/mol. The lowest BCUT2D eigenvalue weighted by atomic mass is 10.2. The highest BCUT2D eigenvalue weighted by atomic mass is 35.5. The van der Waals surface area contributed by atoms with Crippen LogP contribution in [-0.2, 0) is 14.8 Å². The van der Waals surface area contributed by atoms with E-state index >= 15 is 0 Å². The van der Waals surface area contributed by atoms with Crippen molar-refractivity contribution in [2.45, 2.75) is 11.8 Å². The van der Waals surface area contributed by atoms with E-state index in [1.165, 1.54) is 35.2 Å². The third-order valence-electron chi connectivity index (χ3n) is 3.48. The lowest BCUT2D eigenvalue weighted by molar-refractivity contribution is -0.130. The number of ether oxygens (including phenoxy) is 1. The zero-order valence-electron chi connectivity index (χ0n) is 14.4. The molecule has 2 aromatic rings. The molecule has 1 amide bonds. The van der Waals surface area contributed by atoms with Crippen molar-refractivity contribution in [3.8, 4) is 5.75 Å². The molecule has 2 aromatic carbocycles. The van der Waals surface area contributed by atoms with Gasteiger partial charge in [-0.15, -0.1) is 0 Å². The van der Waals surface area contributed by atoms with Gasteiger partial charge >= 0.3 is 0 Å². The van der Waals surface area contributed by atoms with Gasteiger partial charge in [-0.05, 0) is 48.9 Å². The summed E-state index contributed by atoms with van der Waals surface area (Å²) in [6, 6.07) is 7.79. The van der Waals surface area contributed by atoms with Crippen LogP contribution in [0.15, 0.2) is 41.3 Å². The summed E-state index contributed by atoms with van der Waals surface area (Å²) in [5.74, 6) is -0.445. The molecule has 0 aliphatic carbocycles. The maximum atomic E-state index is 13.2. The van der Waals surface area contributed by atoms with Gasteiger partial charge in [0.15, 0.2) is 6.61 Å². The fourth-order valence-electron chi connectivity index (χ4n) is 1.99. The second-order valence-electron chi connectivity index (χ2n) is 5.74. The van der Waals surface area contributed by atoms with Gasteiger partial charge in [0.25, 0.3) is 15.9 Å². The zero-order chi connectivity index (χ0) is 19.5. The summed E-state index contributed by atoms with van der Waals surface area (Å²) in [5.41, 5.74) is 0.697. The van der Waals surface area contributed by atoms with E-state index in [4.69, 9.17) is 16.3 Å². The van der Waals surface area contributed by atoms with Crippen LogP contribution in [0.5, 0.6) is 5.75 Å². The number of benzene rings is 2. The molecule has 0 radical (unpaired) electrons. The van der Waals surface area contributed by atoms with Crippen LogP contribution >= 0.6 is 11.6 Å². The molecule has 0 bridgehead atoms. The Balaban J connectivity index is 2.18. The van der Waals surface area contributed by atoms with Gasteiger partial charge < -0.3 is 9.64 Å². The largest absolute Gasteiger partial charge is 0.483 e. The molecule has 140 valence electrons. The number of nitrogens with one attached hydrogen (secondary N) is 1. The number of nitrogens with zero attached hydrogens (tertiary/aromatic N) is 1. The van der Waals surface area contributed by atoms with E-state index in [1.54, 1.807) is 21.0 Å². The van der Waals surface area contributed by atoms with Crippen LogP contribution in [0.3, 0.4) is 0 Å². The van der Waals surface area contributed by atoms with E-state index in [0.29, 0.717) is 11.3 Å². The van der Waals surface area contributed by atoms with Crippen molar-refractivity contribution in [2.24, 2.45) is 0 Å². The Labute approximate surface area is 156 Å². The molecular weight excluding hydrogens is 383 g/mol. The number of likely N-dealkylation sites (N-methyl/N-ethyl adjacent to an activating group) is 1. The predicted octanol–water partition coefficient (Wildman–Crippen LogP) is 3.06. The van der Waals surface area contributed by atoms with E-state index < -0.39 is 15.8 Å². The first-order valence-electron chi connectivity index (χ1n) is 7.51. The van der Waals surface area contributed by atoms with Crippen LogP contribution in [0.2, 0.25) is 5.02 Å². The number of amides is 1. The number of halogens is 2. The minimum Gasteiger partial charge on any atom is -0.483 e. The second kappa shape index (κ2) is 7.92. The van der Waals surface area contributed by atoms with Crippen LogP contribution in [0.1, 0.15) is 5.56 Å². The molecule has 0 aliphatic heterocycles. The molecule has 0 saturated heterocycles. The topological polar surface area (TPSA) is 75.7 Å². The van der Waals surface area contributed by atoms with Gasteiger partial charge in [0.05, 0.1) is 15.6 Å². The molecule has 0 aliphatic rings. The Morgan fingerprint density at radius 1 is 1.23 bits per heavy atom. The van der Waals surface area contributed by atoms with Crippen LogP contribution < -0.4 is 9.46 Å². The Hall–Kier alpha value is -2.32. The molecule has 9 heteroatoms. The zero-order valence-corrected chi connectivity index (χ0v) is 16.0. The number of carbonyl (C=O) groups is 1. The van der Waals surface area contributed by atoms with Gasteiger partial charge in [0.1, 0.15) is 11.6 Å². The lowest BCUT2D eigenvalue weighted by Crippen LogP contribution is -2.27. The third kappa shape index (κ3) is 4.86. The molecule has 0 unspecified atom stereocenters. The number of anilines is 1. The van der Waals surface area contributed by atoms with Crippen LogP contribution in [0.25, 0.3) is 0 Å². The maximum Gasteiger partial charge on any atom is 0.261 e. The average molecular weight is 401 g/mol. The maximum absolute atomic E-state index is 13.2. The first-order valence-corrected chi connectivity index (χ1v) is 9.38. The van der Waals surface area contributed by atoms with Crippen LogP contribution in [-0.4, -0.2) is 39.9 Å². The quantitative estimate of drug-likeness (QED) is 0.808. The van der Waals surface area contributed by atoms with Gasteiger partial charge in [0.2, 0.25) is 0 Å². The van der Waals surface area contributed by atoms with Crippen LogP contribution in [0.4, 0.5) is 10.1 Å². The summed E-state index contributed by atoms with van der Waals surface area (Å²) in [7, 11) is -0.663. The number of aryl methyl sites for hydroxylation is 1. The van der Waals surface area contributed by atoms with Gasteiger partial charge in [-0.1, -0.05) is 11.6 Å². The molecular formula is C17H18ClFN2O4S. The second-order valence-corrected chi connectivity index (χ2v) is 7.83. The number of carbonyl (C=O) groups excluding carboxylic acids is 1. The Morgan fingerprint density at radius 3 is 2.50 bits per heavy atom. The molecule has 0 spiro atoms. The summed E-state index contributed by atoms with van der Waals surface area (Å²) in [6.45, 7) is 1.52. The Bertz CT molecular complexity index is 932. The van der Waals surface area contributed by atoms with Crippen molar-refractivity contribution in [1.29, 1.82) is 0 Å². The third-order valence-corrected chi connectivity index (χ3v) is 5.15. The summed E-state index contributed by atoms with van der Waals surface area (Å²) in [4.78, 5) is 13.0. The summed E-state index contributed by atoms with van der Waals surface area (Å²) >= 11 is 5.66. The van der Waals surface area contributed by atoms with Crippen molar-refractivity contribution >= 4 is 33.2 Å². The first-order chi connectivity index (χ1) is 12.1. The van der Waals surface area contributed by atoms with E-state index in [1.807, 2.05) is 0 Å². The van der Waals surface area contributed by atoms with Crippen molar-refractivity contribution in [3.05, 3.63) is 52.8 Å². The number of rotatable bonds is 6. The molecule has 1 N–H and O–H groups in total. The Kier molecular flexibility index (Phi) is 6.09. The monoisotopic (exact) mass is 400 g/mol. The van der Waals surface area contributed by atoms with Crippen molar-refractivity contribution in [3.63, 3.8) is 0 Å². The molecule has 2 rings (SSSR count). The average Bonchev–Trinajstić information content (AvgIpc) is 2.56. The van der Waals surface area contributed by atoms with Gasteiger partial charge in [-0.2, -0.15) is 0 Å². The first kappa shape index (κ1) is 20.0. The number of sulfonamides is 1. The highest BCUT2D eigenvalue weighted by Gasteiger charge is 2.17. The molecule has 26 heavy (non-hydrogen) atoms. The van der Waals surface area contributed by atoms with E-state index in [2.05, 4.69) is 4.72 Å².